The molecule has 2 aliphatic rings. The molecule has 1 amide bonds. The number of carbonyl (C=O) groups is 1. The standard InChI is InChI=1S/C28H35ClN4O4S2/c1-20-5-3-11-32(19-20)39(35,36)24-8-6-22(7-9-24)27(34)33(12-4-10-31-13-15-37-16-14-31)28-30-26-21(2)17-23(29)18-25(26)38-28/h6-9,17-18,20H,3-5,10-16,19H2,1-2H3. The molecule has 0 N–H and O–H groups in total. The molecule has 0 radical (unpaired) electrons. The van der Waals surface area contributed by atoms with Crippen LogP contribution in [0.25, 0.3) is 10.2 Å². The molecule has 0 spiro atoms. The number of aromatic nitrogens is 1. The van der Waals surface area contributed by atoms with Gasteiger partial charge < -0.3 is 4.74 Å². The summed E-state index contributed by atoms with van der Waals surface area (Å²) in [4.78, 5) is 22.9. The molecule has 0 bridgehead atoms. The summed E-state index contributed by atoms with van der Waals surface area (Å²) >= 11 is 7.73. The van der Waals surface area contributed by atoms with Gasteiger partial charge in [0.25, 0.3) is 5.91 Å². The molecule has 2 aromatic carbocycles. The van der Waals surface area contributed by atoms with Crippen LogP contribution in [0.3, 0.4) is 0 Å². The minimum atomic E-state index is -3.59. The van der Waals surface area contributed by atoms with E-state index in [0.29, 0.717) is 41.3 Å². The van der Waals surface area contributed by atoms with Gasteiger partial charge in [0, 0.05) is 49.9 Å². The lowest BCUT2D eigenvalue weighted by atomic mass is 10.0. The maximum atomic E-state index is 13.8. The van der Waals surface area contributed by atoms with Gasteiger partial charge in [-0.2, -0.15) is 4.31 Å². The molecule has 3 heterocycles. The van der Waals surface area contributed by atoms with E-state index in [2.05, 4.69) is 11.8 Å². The van der Waals surface area contributed by atoms with Crippen LogP contribution in [0.5, 0.6) is 0 Å². The number of ether oxygens (including phenoxy) is 1. The van der Waals surface area contributed by atoms with Gasteiger partial charge in [0.15, 0.2) is 5.13 Å². The van der Waals surface area contributed by atoms with Crippen molar-refractivity contribution < 1.29 is 17.9 Å². The largest absolute Gasteiger partial charge is 0.379 e. The second-order valence-electron chi connectivity index (χ2n) is 10.5. The van der Waals surface area contributed by atoms with E-state index >= 15 is 0 Å². The maximum absolute atomic E-state index is 13.8. The first-order valence-electron chi connectivity index (χ1n) is 13.5. The summed E-state index contributed by atoms with van der Waals surface area (Å²) in [6, 6.07) is 10.1. The van der Waals surface area contributed by atoms with Crippen LogP contribution in [0.4, 0.5) is 5.13 Å². The summed E-state index contributed by atoms with van der Waals surface area (Å²) < 4.78 is 34.4. The fourth-order valence-electron chi connectivity index (χ4n) is 5.26. The van der Waals surface area contributed by atoms with Crippen molar-refractivity contribution in [1.29, 1.82) is 0 Å². The van der Waals surface area contributed by atoms with Crippen LogP contribution in [0.2, 0.25) is 5.02 Å². The van der Waals surface area contributed by atoms with Crippen LogP contribution < -0.4 is 4.90 Å². The molecular weight excluding hydrogens is 556 g/mol. The molecule has 8 nitrogen and oxygen atoms in total. The molecule has 2 saturated heterocycles. The zero-order valence-electron chi connectivity index (χ0n) is 22.4. The van der Waals surface area contributed by atoms with Crippen LogP contribution in [0, 0.1) is 12.8 Å². The van der Waals surface area contributed by atoms with Gasteiger partial charge in [-0.25, -0.2) is 13.4 Å². The molecule has 5 rings (SSSR count). The Balaban J connectivity index is 1.39. The van der Waals surface area contributed by atoms with Gasteiger partial charge in [0.2, 0.25) is 10.0 Å². The second kappa shape index (κ2) is 12.2. The number of fused-ring (bicyclic) bond motifs is 1. The van der Waals surface area contributed by atoms with E-state index in [9.17, 15) is 13.2 Å². The number of piperidine rings is 1. The van der Waals surface area contributed by atoms with E-state index in [1.807, 2.05) is 19.1 Å². The highest BCUT2D eigenvalue weighted by molar-refractivity contribution is 7.89. The van der Waals surface area contributed by atoms with Crippen molar-refractivity contribution in [2.75, 3.05) is 57.4 Å². The van der Waals surface area contributed by atoms with Crippen LogP contribution in [0.15, 0.2) is 41.3 Å². The number of anilines is 1. The number of benzene rings is 2. The Hall–Kier alpha value is -2.08. The van der Waals surface area contributed by atoms with Gasteiger partial charge in [-0.3, -0.25) is 14.6 Å². The number of thiazole rings is 1. The zero-order chi connectivity index (χ0) is 27.6. The fourth-order valence-corrected chi connectivity index (χ4v) is 8.30. The predicted octanol–water partition coefficient (Wildman–Crippen LogP) is 5.05. The van der Waals surface area contributed by atoms with E-state index in [1.54, 1.807) is 33.5 Å². The highest BCUT2D eigenvalue weighted by Crippen LogP contribution is 2.34. The highest BCUT2D eigenvalue weighted by Gasteiger charge is 2.29. The van der Waals surface area contributed by atoms with Crippen molar-refractivity contribution in [3.05, 3.63) is 52.5 Å². The van der Waals surface area contributed by atoms with Crippen molar-refractivity contribution in [2.24, 2.45) is 5.92 Å². The highest BCUT2D eigenvalue weighted by atomic mass is 35.5. The second-order valence-corrected chi connectivity index (χ2v) is 13.8. The minimum absolute atomic E-state index is 0.199. The van der Waals surface area contributed by atoms with E-state index in [4.69, 9.17) is 21.3 Å². The molecule has 11 heteroatoms. The molecule has 3 aromatic rings. The molecule has 1 atom stereocenters. The Bertz CT molecular complexity index is 1420. The van der Waals surface area contributed by atoms with Crippen LogP contribution in [-0.2, 0) is 14.8 Å². The molecule has 2 fully saturated rings. The molecule has 210 valence electrons. The number of nitrogens with zero attached hydrogens (tertiary/aromatic N) is 4. The van der Waals surface area contributed by atoms with Crippen molar-refractivity contribution in [2.45, 2.75) is 38.0 Å². The summed E-state index contributed by atoms with van der Waals surface area (Å²) in [5.74, 6) is 0.142. The SMILES string of the molecule is Cc1cc(Cl)cc2sc(N(CCCN3CCOCC3)C(=O)c3ccc(S(=O)(=O)N4CCCC(C)C4)cc3)nc12. The molecular formula is C28H35ClN4O4S2. The third-order valence-electron chi connectivity index (χ3n) is 7.43. The van der Waals surface area contributed by atoms with Crippen molar-refractivity contribution >= 4 is 54.2 Å². The minimum Gasteiger partial charge on any atom is -0.379 e. The Kier molecular flexibility index (Phi) is 8.90. The van der Waals surface area contributed by atoms with Crippen molar-refractivity contribution in [3.63, 3.8) is 0 Å². The quantitative estimate of drug-likeness (QED) is 0.365. The molecule has 1 aromatic heterocycles. The number of sulfonamides is 1. The summed E-state index contributed by atoms with van der Waals surface area (Å²) in [6.45, 7) is 9.68. The lowest BCUT2D eigenvalue weighted by Crippen LogP contribution is -2.39. The average molecular weight is 591 g/mol. The molecule has 1 unspecified atom stereocenters. The number of carbonyl (C=O) groups excluding carboxylic acids is 1. The van der Waals surface area contributed by atoms with Crippen LogP contribution in [-0.4, -0.2) is 81.0 Å². The molecule has 39 heavy (non-hydrogen) atoms. The zero-order valence-corrected chi connectivity index (χ0v) is 24.8. The number of amides is 1. The van der Waals surface area contributed by atoms with Crippen molar-refractivity contribution in [1.82, 2.24) is 14.2 Å². The Morgan fingerprint density at radius 2 is 1.92 bits per heavy atom. The van der Waals surface area contributed by atoms with Gasteiger partial charge >= 0.3 is 0 Å². The van der Waals surface area contributed by atoms with Crippen LogP contribution in [0.1, 0.15) is 42.1 Å². The predicted molar refractivity (Wildman–Crippen MR) is 157 cm³/mol. The first-order chi connectivity index (χ1) is 18.7. The average Bonchev–Trinajstić information content (AvgIpc) is 3.35. The monoisotopic (exact) mass is 590 g/mol. The summed E-state index contributed by atoms with van der Waals surface area (Å²) in [7, 11) is -3.59. The molecule has 2 aliphatic heterocycles. The van der Waals surface area contributed by atoms with Gasteiger partial charge in [-0.1, -0.05) is 29.9 Å². The third kappa shape index (κ3) is 6.47. The number of hydrogen-bond acceptors (Lipinski definition) is 7. The summed E-state index contributed by atoms with van der Waals surface area (Å²) in [6.07, 6.45) is 2.68. The number of halogens is 1. The molecule has 0 saturated carbocycles. The van der Waals surface area contributed by atoms with Crippen LogP contribution >= 0.6 is 22.9 Å². The Labute approximate surface area is 239 Å². The van der Waals surface area contributed by atoms with Gasteiger partial charge in [0.05, 0.1) is 28.3 Å². The van der Waals surface area contributed by atoms with Gasteiger partial charge in [-0.15, -0.1) is 0 Å². The lowest BCUT2D eigenvalue weighted by molar-refractivity contribution is 0.0376. The van der Waals surface area contributed by atoms with Gasteiger partial charge in [0.1, 0.15) is 0 Å². The van der Waals surface area contributed by atoms with Crippen molar-refractivity contribution in [3.8, 4) is 0 Å². The first-order valence-corrected chi connectivity index (χ1v) is 16.1. The maximum Gasteiger partial charge on any atom is 0.260 e. The Morgan fingerprint density at radius 3 is 2.64 bits per heavy atom. The smallest absolute Gasteiger partial charge is 0.260 e. The summed E-state index contributed by atoms with van der Waals surface area (Å²) in [5, 5.41) is 1.25. The van der Waals surface area contributed by atoms with E-state index in [1.165, 1.54) is 11.3 Å². The number of morpholine rings is 1. The Morgan fingerprint density at radius 1 is 1.18 bits per heavy atom. The lowest BCUT2D eigenvalue weighted by Gasteiger charge is -2.30. The third-order valence-corrected chi connectivity index (χ3v) is 10.6. The fraction of sp³-hybridized carbons (Fsp3) is 0.500. The van der Waals surface area contributed by atoms with E-state index in [0.717, 1.165) is 67.9 Å². The van der Waals surface area contributed by atoms with E-state index < -0.39 is 10.0 Å². The van der Waals surface area contributed by atoms with Gasteiger partial charge in [-0.05, 0) is 74.1 Å². The summed E-state index contributed by atoms with van der Waals surface area (Å²) in [5.41, 5.74) is 2.23. The number of aryl methyl sites for hydroxylation is 1. The first kappa shape index (κ1) is 28.4. The normalized spacial score (nSPS) is 19.4. The number of rotatable bonds is 8. The molecule has 0 aliphatic carbocycles. The topological polar surface area (TPSA) is 83.0 Å². The number of hydrogen-bond donors (Lipinski definition) is 0. The van der Waals surface area contributed by atoms with E-state index in [-0.39, 0.29) is 10.8 Å².